The summed E-state index contributed by atoms with van der Waals surface area (Å²) in [5.74, 6) is -0.704. The number of aromatic nitrogens is 1. The summed E-state index contributed by atoms with van der Waals surface area (Å²) in [6.45, 7) is 10.9. The van der Waals surface area contributed by atoms with Crippen LogP contribution in [-0.2, 0) is 20.4 Å². The van der Waals surface area contributed by atoms with E-state index in [1.807, 2.05) is 13.8 Å². The molecule has 0 fully saturated rings. The average molecular weight is 569 g/mol. The number of fused-ring (bicyclic) bond motifs is 1. The van der Waals surface area contributed by atoms with Crippen molar-refractivity contribution in [3.63, 3.8) is 0 Å². The molecule has 0 unspecified atom stereocenters. The average Bonchev–Trinajstić information content (AvgIpc) is 3.36. The molecule has 1 aliphatic heterocycles. The van der Waals surface area contributed by atoms with Crippen LogP contribution in [0.5, 0.6) is 0 Å². The van der Waals surface area contributed by atoms with Gasteiger partial charge in [-0.15, -0.1) is 0 Å². The van der Waals surface area contributed by atoms with E-state index in [9.17, 15) is 18.0 Å². The highest BCUT2D eigenvalue weighted by molar-refractivity contribution is 7.90. The Morgan fingerprint density at radius 2 is 1.77 bits per heavy atom. The Bertz CT molecular complexity index is 1540. The lowest BCUT2D eigenvalue weighted by atomic mass is 10.0. The van der Waals surface area contributed by atoms with Crippen molar-refractivity contribution in [1.82, 2.24) is 15.2 Å². The van der Waals surface area contributed by atoms with Gasteiger partial charge in [-0.2, -0.15) is 0 Å². The Balaban J connectivity index is 1.60. The molecule has 0 bridgehead atoms. The Hall–Kier alpha value is -3.40. The molecule has 8 nitrogen and oxygen atoms in total. The number of nitrogens with one attached hydrogen (secondary N) is 3. The van der Waals surface area contributed by atoms with Gasteiger partial charge in [-0.1, -0.05) is 37.6 Å². The summed E-state index contributed by atoms with van der Waals surface area (Å²) < 4.78 is 26.3. The summed E-state index contributed by atoms with van der Waals surface area (Å²) in [6, 6.07) is 11.3. The van der Waals surface area contributed by atoms with E-state index in [2.05, 4.69) is 34.4 Å². The predicted molar refractivity (Wildman–Crippen MR) is 156 cm³/mol. The fourth-order valence-electron chi connectivity index (χ4n) is 4.75. The van der Waals surface area contributed by atoms with Crippen LogP contribution in [0.1, 0.15) is 52.3 Å². The highest BCUT2D eigenvalue weighted by atomic mass is 35.5. The quantitative estimate of drug-likeness (QED) is 0.304. The van der Waals surface area contributed by atoms with E-state index in [0.717, 1.165) is 19.6 Å². The number of aromatic amines is 1. The van der Waals surface area contributed by atoms with Crippen LogP contribution in [0, 0.1) is 13.8 Å². The molecule has 4 rings (SSSR count). The third-order valence-corrected chi connectivity index (χ3v) is 8.94. The number of likely N-dealkylation sites (N-methyl/N-ethyl adjacent to an activating group) is 1. The van der Waals surface area contributed by atoms with Crippen LogP contribution in [0.3, 0.4) is 0 Å². The molecule has 2 aromatic carbocycles. The summed E-state index contributed by atoms with van der Waals surface area (Å²) in [5.41, 5.74) is 4.54. The van der Waals surface area contributed by atoms with Gasteiger partial charge in [0, 0.05) is 40.8 Å². The number of sulfone groups is 1. The Morgan fingerprint density at radius 1 is 1.08 bits per heavy atom. The van der Waals surface area contributed by atoms with Crippen LogP contribution in [0.15, 0.2) is 47.4 Å². The standard InChI is InChI=1S/C29H33ClN4O4S/c1-5-34(6-2)14-13-31-29(36)27-18(3)26(32-19(27)4)16-24-23-15-22(11-12-25(23)33-28(24)35)39(37,38)17-20-7-9-21(30)10-8-20/h7-12,15-16,32H,5-6,13-14,17H2,1-4H3,(H,31,36)(H,33,35)/b24-16-. The molecule has 1 aromatic heterocycles. The van der Waals surface area contributed by atoms with Crippen molar-refractivity contribution in [2.45, 2.75) is 38.3 Å². The number of rotatable bonds is 10. The second-order valence-electron chi connectivity index (χ2n) is 9.55. The molecule has 0 saturated carbocycles. The van der Waals surface area contributed by atoms with E-state index >= 15 is 0 Å². The van der Waals surface area contributed by atoms with Crippen molar-refractivity contribution in [2.75, 3.05) is 31.5 Å². The number of carbonyl (C=O) groups excluding carboxylic acids is 2. The van der Waals surface area contributed by atoms with Crippen molar-refractivity contribution in [3.8, 4) is 0 Å². The first-order valence-electron chi connectivity index (χ1n) is 12.9. The zero-order valence-corrected chi connectivity index (χ0v) is 24.1. The largest absolute Gasteiger partial charge is 0.358 e. The fourth-order valence-corrected chi connectivity index (χ4v) is 6.24. The van der Waals surface area contributed by atoms with Gasteiger partial charge in [-0.3, -0.25) is 9.59 Å². The molecular formula is C29H33ClN4O4S. The molecule has 3 aromatic rings. The summed E-state index contributed by atoms with van der Waals surface area (Å²) >= 11 is 5.92. The Kier molecular flexibility index (Phi) is 8.64. The molecule has 0 aliphatic carbocycles. The van der Waals surface area contributed by atoms with Crippen LogP contribution in [0.25, 0.3) is 11.6 Å². The SMILES string of the molecule is CCN(CC)CCNC(=O)c1c(C)[nH]c(/C=C2\C(=O)Nc3ccc(S(=O)(=O)Cc4ccc(Cl)cc4)cc32)c1C. The summed E-state index contributed by atoms with van der Waals surface area (Å²) in [4.78, 5) is 31.4. The minimum atomic E-state index is -3.68. The summed E-state index contributed by atoms with van der Waals surface area (Å²) in [7, 11) is -3.68. The zero-order chi connectivity index (χ0) is 28.3. The van der Waals surface area contributed by atoms with Crippen LogP contribution >= 0.6 is 11.6 Å². The monoisotopic (exact) mass is 568 g/mol. The number of benzene rings is 2. The summed E-state index contributed by atoms with van der Waals surface area (Å²) in [6.07, 6.45) is 1.67. The van der Waals surface area contributed by atoms with Crippen molar-refractivity contribution in [1.29, 1.82) is 0 Å². The molecule has 2 amide bonds. The molecular weight excluding hydrogens is 536 g/mol. The molecule has 39 heavy (non-hydrogen) atoms. The fraction of sp³-hybridized carbons (Fsp3) is 0.310. The second kappa shape index (κ2) is 11.8. The highest BCUT2D eigenvalue weighted by Crippen LogP contribution is 2.36. The minimum absolute atomic E-state index is 0.117. The van der Waals surface area contributed by atoms with Crippen molar-refractivity contribution in [3.05, 3.63) is 81.1 Å². The van der Waals surface area contributed by atoms with Gasteiger partial charge in [0.2, 0.25) is 0 Å². The van der Waals surface area contributed by atoms with Gasteiger partial charge < -0.3 is 20.5 Å². The minimum Gasteiger partial charge on any atom is -0.358 e. The second-order valence-corrected chi connectivity index (χ2v) is 12.0. The maximum atomic E-state index is 13.2. The van der Waals surface area contributed by atoms with E-state index in [1.54, 1.807) is 36.4 Å². The predicted octanol–water partition coefficient (Wildman–Crippen LogP) is 4.82. The number of anilines is 1. The van der Waals surface area contributed by atoms with Gasteiger partial charge in [0.1, 0.15) is 0 Å². The molecule has 206 valence electrons. The van der Waals surface area contributed by atoms with E-state index in [0.29, 0.717) is 56.5 Å². The summed E-state index contributed by atoms with van der Waals surface area (Å²) in [5, 5.41) is 6.32. The van der Waals surface area contributed by atoms with E-state index in [1.165, 1.54) is 12.1 Å². The number of aryl methyl sites for hydroxylation is 1. The maximum Gasteiger partial charge on any atom is 0.256 e. The smallest absolute Gasteiger partial charge is 0.256 e. The molecule has 2 heterocycles. The maximum absolute atomic E-state index is 13.2. The third kappa shape index (κ3) is 6.27. The van der Waals surface area contributed by atoms with Crippen molar-refractivity contribution in [2.24, 2.45) is 0 Å². The van der Waals surface area contributed by atoms with E-state index in [4.69, 9.17) is 11.6 Å². The number of nitrogens with zero attached hydrogens (tertiary/aromatic N) is 1. The van der Waals surface area contributed by atoms with Gasteiger partial charge in [0.15, 0.2) is 9.84 Å². The number of halogens is 1. The van der Waals surface area contributed by atoms with Gasteiger partial charge in [0.25, 0.3) is 11.8 Å². The molecule has 0 radical (unpaired) electrons. The van der Waals surface area contributed by atoms with Crippen molar-refractivity contribution < 1.29 is 18.0 Å². The van der Waals surface area contributed by atoms with Crippen LogP contribution < -0.4 is 10.6 Å². The number of hydrogen-bond acceptors (Lipinski definition) is 5. The lowest BCUT2D eigenvalue weighted by Crippen LogP contribution is -2.35. The third-order valence-electron chi connectivity index (χ3n) is 7.00. The molecule has 0 atom stereocenters. The first kappa shape index (κ1) is 28.6. The molecule has 0 saturated heterocycles. The normalized spacial score (nSPS) is 14.1. The molecule has 3 N–H and O–H groups in total. The first-order valence-corrected chi connectivity index (χ1v) is 14.9. The lowest BCUT2D eigenvalue weighted by Gasteiger charge is -2.18. The number of H-pyrrole nitrogens is 1. The number of carbonyl (C=O) groups is 2. The topological polar surface area (TPSA) is 111 Å². The van der Waals surface area contributed by atoms with Crippen LogP contribution in [0.2, 0.25) is 5.02 Å². The molecule has 1 aliphatic rings. The van der Waals surface area contributed by atoms with Gasteiger partial charge >= 0.3 is 0 Å². The van der Waals surface area contributed by atoms with Gasteiger partial charge in [0.05, 0.1) is 21.8 Å². The number of hydrogen-bond donors (Lipinski definition) is 3. The zero-order valence-electron chi connectivity index (χ0n) is 22.5. The van der Waals surface area contributed by atoms with Gasteiger partial charge in [-0.05, 0) is 74.5 Å². The molecule has 0 spiro atoms. The lowest BCUT2D eigenvalue weighted by molar-refractivity contribution is -0.110. The Labute approximate surface area is 234 Å². The van der Waals surface area contributed by atoms with E-state index < -0.39 is 9.84 Å². The van der Waals surface area contributed by atoms with E-state index in [-0.39, 0.29) is 22.5 Å². The Morgan fingerprint density at radius 3 is 2.44 bits per heavy atom. The number of amides is 2. The highest BCUT2D eigenvalue weighted by Gasteiger charge is 2.28. The first-order chi connectivity index (χ1) is 18.5. The van der Waals surface area contributed by atoms with Crippen LogP contribution in [-0.4, -0.2) is 56.3 Å². The van der Waals surface area contributed by atoms with Gasteiger partial charge in [-0.25, -0.2) is 8.42 Å². The molecule has 10 heteroatoms. The van der Waals surface area contributed by atoms with Crippen LogP contribution in [0.4, 0.5) is 5.69 Å². The van der Waals surface area contributed by atoms with Crippen molar-refractivity contribution >= 4 is 50.6 Å².